The smallest absolute Gasteiger partial charge is 0.171 e. The number of hydrogen-bond acceptors (Lipinski definition) is 3. The van der Waals surface area contributed by atoms with Crippen molar-refractivity contribution in [2.24, 2.45) is 17.3 Å². The van der Waals surface area contributed by atoms with Crippen LogP contribution in [0.5, 0.6) is 0 Å². The minimum atomic E-state index is -0.401. The third-order valence-corrected chi connectivity index (χ3v) is 4.97. The molecule has 18 heavy (non-hydrogen) atoms. The van der Waals surface area contributed by atoms with E-state index in [0.29, 0.717) is 25.0 Å². The molecule has 0 N–H and O–H groups in total. The second-order valence-corrected chi connectivity index (χ2v) is 6.60. The number of ether oxygens (including phenoxy) is 2. The first kappa shape index (κ1) is 12.4. The largest absolute Gasteiger partial charge is 0.347 e. The maximum Gasteiger partial charge on any atom is 0.171 e. The van der Waals surface area contributed by atoms with Crippen molar-refractivity contribution in [1.29, 1.82) is 0 Å². The molecule has 3 rings (SSSR count). The van der Waals surface area contributed by atoms with Crippen LogP contribution in [0.25, 0.3) is 0 Å². The van der Waals surface area contributed by atoms with Crippen LogP contribution in [0.4, 0.5) is 0 Å². The first-order chi connectivity index (χ1) is 8.45. The van der Waals surface area contributed by atoms with E-state index in [1.165, 1.54) is 5.57 Å². The lowest BCUT2D eigenvalue weighted by molar-refractivity contribution is -0.190. The molecule has 100 valence electrons. The molecule has 2 aliphatic carbocycles. The van der Waals surface area contributed by atoms with Gasteiger partial charge in [-0.15, -0.1) is 0 Å². The Balaban J connectivity index is 1.99. The van der Waals surface area contributed by atoms with Gasteiger partial charge in [-0.3, -0.25) is 4.79 Å². The summed E-state index contributed by atoms with van der Waals surface area (Å²) in [5, 5.41) is 0. The van der Waals surface area contributed by atoms with Gasteiger partial charge in [-0.1, -0.05) is 19.4 Å². The van der Waals surface area contributed by atoms with Gasteiger partial charge in [0.25, 0.3) is 0 Å². The molecule has 0 amide bonds. The van der Waals surface area contributed by atoms with Crippen molar-refractivity contribution in [3.8, 4) is 0 Å². The molecule has 2 atom stereocenters. The van der Waals surface area contributed by atoms with Crippen LogP contribution in [0, 0.1) is 17.3 Å². The number of ketones is 1. The highest BCUT2D eigenvalue weighted by molar-refractivity contribution is 5.95. The maximum atomic E-state index is 12.2. The summed E-state index contributed by atoms with van der Waals surface area (Å²) in [7, 11) is 0. The molecule has 1 spiro atoms. The van der Waals surface area contributed by atoms with Crippen LogP contribution in [0.15, 0.2) is 11.6 Å². The summed E-state index contributed by atoms with van der Waals surface area (Å²) in [6.45, 7) is 7.57. The highest BCUT2D eigenvalue weighted by atomic mass is 16.7. The summed E-state index contributed by atoms with van der Waals surface area (Å²) >= 11 is 0. The van der Waals surface area contributed by atoms with Crippen LogP contribution in [-0.4, -0.2) is 24.8 Å². The van der Waals surface area contributed by atoms with E-state index >= 15 is 0 Å². The van der Waals surface area contributed by atoms with Gasteiger partial charge < -0.3 is 9.47 Å². The zero-order valence-corrected chi connectivity index (χ0v) is 11.5. The van der Waals surface area contributed by atoms with Gasteiger partial charge in [0.2, 0.25) is 0 Å². The first-order valence-corrected chi connectivity index (χ1v) is 6.95. The van der Waals surface area contributed by atoms with E-state index in [0.717, 1.165) is 19.3 Å². The summed E-state index contributed by atoms with van der Waals surface area (Å²) < 4.78 is 11.9. The Kier molecular flexibility index (Phi) is 2.69. The van der Waals surface area contributed by atoms with Crippen molar-refractivity contribution in [2.45, 2.75) is 45.8 Å². The Labute approximate surface area is 109 Å². The summed E-state index contributed by atoms with van der Waals surface area (Å²) in [4.78, 5) is 12.2. The lowest BCUT2D eigenvalue weighted by atomic mass is 9.76. The third kappa shape index (κ3) is 1.68. The van der Waals surface area contributed by atoms with Gasteiger partial charge in [-0.2, -0.15) is 0 Å². The second-order valence-electron chi connectivity index (χ2n) is 6.60. The van der Waals surface area contributed by atoms with Crippen LogP contribution in [0.1, 0.15) is 40.0 Å². The molecule has 0 aromatic heterocycles. The van der Waals surface area contributed by atoms with Gasteiger partial charge in [0.15, 0.2) is 11.6 Å². The van der Waals surface area contributed by atoms with E-state index in [9.17, 15) is 4.79 Å². The van der Waals surface area contributed by atoms with E-state index < -0.39 is 5.79 Å². The van der Waals surface area contributed by atoms with Gasteiger partial charge in [0, 0.05) is 17.8 Å². The molecule has 2 unspecified atom stereocenters. The normalized spacial score (nSPS) is 37.5. The predicted octanol–water partition coefficient (Wildman–Crippen LogP) is 2.70. The Morgan fingerprint density at radius 1 is 1.28 bits per heavy atom. The number of hydrogen-bond donors (Lipinski definition) is 0. The molecule has 1 heterocycles. The summed E-state index contributed by atoms with van der Waals surface area (Å²) in [6, 6.07) is 0. The Morgan fingerprint density at radius 2 is 1.94 bits per heavy atom. The lowest BCUT2D eigenvalue weighted by Crippen LogP contribution is -2.39. The zero-order chi connectivity index (χ0) is 13.0. The molecule has 0 aromatic rings. The summed E-state index contributed by atoms with van der Waals surface area (Å²) in [5.74, 6) is 0.635. The molecule has 0 bridgehead atoms. The molecule has 3 heteroatoms. The molecule has 1 aliphatic heterocycles. The van der Waals surface area contributed by atoms with E-state index in [1.54, 1.807) is 0 Å². The van der Waals surface area contributed by atoms with Gasteiger partial charge in [0.05, 0.1) is 13.2 Å². The average molecular weight is 250 g/mol. The van der Waals surface area contributed by atoms with Crippen molar-refractivity contribution in [3.05, 3.63) is 11.6 Å². The molecular weight excluding hydrogens is 228 g/mol. The Morgan fingerprint density at radius 3 is 2.61 bits per heavy atom. The summed E-state index contributed by atoms with van der Waals surface area (Å²) in [6.07, 6.45) is 4.77. The molecule has 3 aliphatic rings. The van der Waals surface area contributed by atoms with Crippen molar-refractivity contribution in [2.75, 3.05) is 13.2 Å². The van der Waals surface area contributed by atoms with Crippen LogP contribution >= 0.6 is 0 Å². The van der Waals surface area contributed by atoms with E-state index in [2.05, 4.69) is 6.92 Å². The minimum Gasteiger partial charge on any atom is -0.347 e. The molecule has 0 radical (unpaired) electrons. The van der Waals surface area contributed by atoms with Gasteiger partial charge >= 0.3 is 0 Å². The van der Waals surface area contributed by atoms with Crippen LogP contribution in [-0.2, 0) is 14.3 Å². The highest BCUT2D eigenvalue weighted by Crippen LogP contribution is 2.54. The van der Waals surface area contributed by atoms with Crippen molar-refractivity contribution >= 4 is 5.78 Å². The fourth-order valence-electron chi connectivity index (χ4n) is 3.88. The monoisotopic (exact) mass is 250 g/mol. The topological polar surface area (TPSA) is 35.5 Å². The van der Waals surface area contributed by atoms with Crippen LogP contribution < -0.4 is 0 Å². The standard InChI is InChI=1S/C15H22O3/c1-10-8-13(16)14(2,3)9-12-11(10)4-5-15(12)17-6-7-18-15/h8,11-12H,4-7,9H2,1-3H3. The first-order valence-electron chi connectivity index (χ1n) is 6.95. The third-order valence-electron chi connectivity index (χ3n) is 4.97. The molecule has 1 saturated heterocycles. The predicted molar refractivity (Wildman–Crippen MR) is 68.0 cm³/mol. The molecule has 2 fully saturated rings. The van der Waals surface area contributed by atoms with E-state index in [4.69, 9.17) is 9.47 Å². The van der Waals surface area contributed by atoms with Gasteiger partial charge in [0.1, 0.15) is 0 Å². The van der Waals surface area contributed by atoms with E-state index in [-0.39, 0.29) is 11.2 Å². The maximum absolute atomic E-state index is 12.2. The second kappa shape index (κ2) is 3.91. The van der Waals surface area contributed by atoms with Crippen LogP contribution in [0.2, 0.25) is 0 Å². The molecule has 3 nitrogen and oxygen atoms in total. The molecular formula is C15H22O3. The van der Waals surface area contributed by atoms with Crippen molar-refractivity contribution in [1.82, 2.24) is 0 Å². The summed E-state index contributed by atoms with van der Waals surface area (Å²) in [5.41, 5.74) is 0.916. The Hall–Kier alpha value is -0.670. The van der Waals surface area contributed by atoms with Gasteiger partial charge in [-0.25, -0.2) is 0 Å². The lowest BCUT2D eigenvalue weighted by Gasteiger charge is -2.35. The number of rotatable bonds is 0. The van der Waals surface area contributed by atoms with Crippen molar-refractivity contribution < 1.29 is 14.3 Å². The number of carbonyl (C=O) groups excluding carboxylic acids is 1. The zero-order valence-electron chi connectivity index (χ0n) is 11.5. The number of allylic oxidation sites excluding steroid dienone is 2. The molecule has 1 saturated carbocycles. The van der Waals surface area contributed by atoms with Gasteiger partial charge in [-0.05, 0) is 31.8 Å². The van der Waals surface area contributed by atoms with E-state index in [1.807, 2.05) is 19.9 Å². The average Bonchev–Trinajstić information content (AvgIpc) is 2.87. The SMILES string of the molecule is CC1=CC(=O)C(C)(C)CC2C1CCC21OCCO1. The number of fused-ring (bicyclic) bond motifs is 2. The van der Waals surface area contributed by atoms with Crippen molar-refractivity contribution in [3.63, 3.8) is 0 Å². The fourth-order valence-corrected chi connectivity index (χ4v) is 3.88. The number of carbonyl (C=O) groups is 1. The minimum absolute atomic E-state index is 0.252. The Bertz CT molecular complexity index is 402. The molecule has 0 aromatic carbocycles. The highest BCUT2D eigenvalue weighted by Gasteiger charge is 2.55. The van der Waals surface area contributed by atoms with Crippen LogP contribution in [0.3, 0.4) is 0 Å². The quantitative estimate of drug-likeness (QED) is 0.663. The fraction of sp³-hybridized carbons (Fsp3) is 0.800.